The maximum atomic E-state index is 12.2. The first-order chi connectivity index (χ1) is 12.7. The standard InChI is InChI=1S/C17H27F2N3O4S/c1-4-20-17(21-9-10-25-11-12-27(3,23)24)22(2)13-14-5-7-15(8-6-14)26-16(18)19/h5-8,16H,4,9-13H2,1-3H3,(H,20,21). The number of hydrogen-bond donors (Lipinski definition) is 1. The molecule has 10 heteroatoms. The molecular weight excluding hydrogens is 380 g/mol. The predicted octanol–water partition coefficient (Wildman–Crippen LogP) is 1.75. The van der Waals surface area contributed by atoms with E-state index in [1.165, 1.54) is 18.4 Å². The van der Waals surface area contributed by atoms with Gasteiger partial charge < -0.3 is 19.7 Å². The van der Waals surface area contributed by atoms with E-state index in [2.05, 4.69) is 15.0 Å². The fourth-order valence-corrected chi connectivity index (χ4v) is 2.54. The Bertz CT molecular complexity index is 682. The van der Waals surface area contributed by atoms with Crippen molar-refractivity contribution in [3.8, 4) is 5.75 Å². The fraction of sp³-hybridized carbons (Fsp3) is 0.588. The Balaban J connectivity index is 2.52. The number of alkyl halides is 2. The highest BCUT2D eigenvalue weighted by molar-refractivity contribution is 7.90. The molecule has 0 spiro atoms. The van der Waals surface area contributed by atoms with Crippen molar-refractivity contribution in [1.29, 1.82) is 0 Å². The molecule has 1 aromatic rings. The zero-order valence-corrected chi connectivity index (χ0v) is 16.6. The molecule has 0 radical (unpaired) electrons. The molecule has 0 bridgehead atoms. The third kappa shape index (κ3) is 10.7. The number of aliphatic imine (C=N–C) groups is 1. The van der Waals surface area contributed by atoms with Gasteiger partial charge in [0.1, 0.15) is 15.6 Å². The van der Waals surface area contributed by atoms with Gasteiger partial charge in [-0.15, -0.1) is 0 Å². The lowest BCUT2D eigenvalue weighted by molar-refractivity contribution is -0.0498. The Kier molecular flexibility index (Phi) is 10.0. The van der Waals surface area contributed by atoms with Gasteiger partial charge in [0, 0.05) is 26.4 Å². The summed E-state index contributed by atoms with van der Waals surface area (Å²) in [6.45, 7) is 1.16. The first-order valence-electron chi connectivity index (χ1n) is 8.50. The summed E-state index contributed by atoms with van der Waals surface area (Å²) in [5, 5.41) is 3.16. The number of rotatable bonds is 11. The Hall–Kier alpha value is -1.94. The minimum atomic E-state index is -3.03. The summed E-state index contributed by atoms with van der Waals surface area (Å²) < 4.78 is 56.0. The lowest BCUT2D eigenvalue weighted by Crippen LogP contribution is -2.38. The van der Waals surface area contributed by atoms with Gasteiger partial charge in [0.05, 0.1) is 25.5 Å². The molecule has 0 saturated carbocycles. The monoisotopic (exact) mass is 407 g/mol. The van der Waals surface area contributed by atoms with Gasteiger partial charge in [-0.05, 0) is 24.6 Å². The molecule has 1 rings (SSSR count). The number of hydrogen-bond acceptors (Lipinski definition) is 5. The second-order valence-electron chi connectivity index (χ2n) is 5.86. The SMILES string of the molecule is CCNC(=NCCOCCS(C)(=O)=O)N(C)Cc1ccc(OC(F)F)cc1. The average molecular weight is 407 g/mol. The van der Waals surface area contributed by atoms with Crippen LogP contribution < -0.4 is 10.1 Å². The summed E-state index contributed by atoms with van der Waals surface area (Å²) in [5.41, 5.74) is 0.911. The van der Waals surface area contributed by atoms with Crippen molar-refractivity contribution in [3.05, 3.63) is 29.8 Å². The molecular formula is C17H27F2N3O4S. The third-order valence-electron chi connectivity index (χ3n) is 3.36. The molecule has 0 unspecified atom stereocenters. The van der Waals surface area contributed by atoms with Gasteiger partial charge in [0.2, 0.25) is 0 Å². The zero-order chi connectivity index (χ0) is 20.3. The van der Waals surface area contributed by atoms with E-state index in [1.54, 1.807) is 12.1 Å². The fourth-order valence-electron chi connectivity index (χ4n) is 2.12. The molecule has 0 aliphatic carbocycles. The summed E-state index contributed by atoms with van der Waals surface area (Å²) in [6.07, 6.45) is 1.17. The molecule has 27 heavy (non-hydrogen) atoms. The Labute approximate surface area is 159 Å². The lowest BCUT2D eigenvalue weighted by Gasteiger charge is -2.22. The van der Waals surface area contributed by atoms with Crippen molar-refractivity contribution in [2.24, 2.45) is 4.99 Å². The van der Waals surface area contributed by atoms with Crippen molar-refractivity contribution >= 4 is 15.8 Å². The molecule has 0 heterocycles. The number of benzene rings is 1. The van der Waals surface area contributed by atoms with Crippen molar-refractivity contribution < 1.29 is 26.7 Å². The molecule has 1 N–H and O–H groups in total. The largest absolute Gasteiger partial charge is 0.435 e. The van der Waals surface area contributed by atoms with Crippen LogP contribution in [0, 0.1) is 0 Å². The maximum Gasteiger partial charge on any atom is 0.387 e. The molecule has 0 aliphatic heterocycles. The molecule has 0 aromatic heterocycles. The van der Waals surface area contributed by atoms with E-state index in [0.29, 0.717) is 32.2 Å². The van der Waals surface area contributed by atoms with Crippen molar-refractivity contribution in [2.45, 2.75) is 20.1 Å². The lowest BCUT2D eigenvalue weighted by atomic mass is 10.2. The van der Waals surface area contributed by atoms with Gasteiger partial charge >= 0.3 is 6.61 Å². The van der Waals surface area contributed by atoms with E-state index < -0.39 is 16.4 Å². The van der Waals surface area contributed by atoms with E-state index in [4.69, 9.17) is 4.74 Å². The molecule has 0 atom stereocenters. The summed E-state index contributed by atoms with van der Waals surface area (Å²) in [5.74, 6) is 0.766. The minimum absolute atomic E-state index is 0.0120. The number of ether oxygens (including phenoxy) is 2. The molecule has 0 saturated heterocycles. The molecule has 0 aliphatic rings. The van der Waals surface area contributed by atoms with Crippen LogP contribution in [-0.2, 0) is 21.1 Å². The van der Waals surface area contributed by atoms with E-state index in [9.17, 15) is 17.2 Å². The Morgan fingerprint density at radius 2 is 1.93 bits per heavy atom. The topological polar surface area (TPSA) is 80.2 Å². The highest BCUT2D eigenvalue weighted by atomic mass is 32.2. The molecule has 0 fully saturated rings. The maximum absolute atomic E-state index is 12.2. The van der Waals surface area contributed by atoms with E-state index in [0.717, 1.165) is 5.56 Å². The highest BCUT2D eigenvalue weighted by Gasteiger charge is 2.08. The van der Waals surface area contributed by atoms with E-state index >= 15 is 0 Å². The van der Waals surface area contributed by atoms with Crippen LogP contribution in [0.4, 0.5) is 8.78 Å². The van der Waals surface area contributed by atoms with Gasteiger partial charge in [-0.25, -0.2) is 8.42 Å². The summed E-state index contributed by atoms with van der Waals surface area (Å²) in [4.78, 5) is 6.33. The average Bonchev–Trinajstić information content (AvgIpc) is 2.57. The summed E-state index contributed by atoms with van der Waals surface area (Å²) in [7, 11) is -1.17. The highest BCUT2D eigenvalue weighted by Crippen LogP contribution is 2.15. The summed E-state index contributed by atoms with van der Waals surface area (Å²) >= 11 is 0. The summed E-state index contributed by atoms with van der Waals surface area (Å²) in [6, 6.07) is 6.42. The van der Waals surface area contributed by atoms with Crippen LogP contribution in [0.2, 0.25) is 0 Å². The molecule has 1 aromatic carbocycles. The minimum Gasteiger partial charge on any atom is -0.435 e. The molecule has 0 amide bonds. The van der Waals surface area contributed by atoms with Gasteiger partial charge in [0.25, 0.3) is 0 Å². The van der Waals surface area contributed by atoms with Crippen molar-refractivity contribution in [1.82, 2.24) is 10.2 Å². The van der Waals surface area contributed by atoms with E-state index in [-0.39, 0.29) is 18.1 Å². The van der Waals surface area contributed by atoms with Gasteiger partial charge in [0.15, 0.2) is 5.96 Å². The quantitative estimate of drug-likeness (QED) is 0.342. The number of guanidine groups is 1. The van der Waals surface area contributed by atoms with Crippen LogP contribution >= 0.6 is 0 Å². The first-order valence-corrected chi connectivity index (χ1v) is 10.6. The normalized spacial score (nSPS) is 12.3. The Morgan fingerprint density at radius 1 is 1.26 bits per heavy atom. The van der Waals surface area contributed by atoms with Crippen molar-refractivity contribution in [2.75, 3.05) is 45.4 Å². The van der Waals surface area contributed by atoms with Crippen molar-refractivity contribution in [3.63, 3.8) is 0 Å². The molecule has 154 valence electrons. The van der Waals surface area contributed by atoms with Crippen LogP contribution in [0.1, 0.15) is 12.5 Å². The zero-order valence-electron chi connectivity index (χ0n) is 15.8. The number of sulfone groups is 1. The van der Waals surface area contributed by atoms with Gasteiger partial charge in [-0.1, -0.05) is 12.1 Å². The van der Waals surface area contributed by atoms with Crippen LogP contribution in [0.25, 0.3) is 0 Å². The third-order valence-corrected chi connectivity index (χ3v) is 4.27. The predicted molar refractivity (Wildman–Crippen MR) is 101 cm³/mol. The van der Waals surface area contributed by atoms with E-state index in [1.807, 2.05) is 18.9 Å². The first kappa shape index (κ1) is 23.1. The molecule has 7 nitrogen and oxygen atoms in total. The smallest absolute Gasteiger partial charge is 0.387 e. The van der Waals surface area contributed by atoms with Crippen LogP contribution in [0.3, 0.4) is 0 Å². The number of nitrogens with zero attached hydrogens (tertiary/aromatic N) is 2. The Morgan fingerprint density at radius 3 is 2.48 bits per heavy atom. The van der Waals surface area contributed by atoms with Gasteiger partial charge in [-0.3, -0.25) is 4.99 Å². The second-order valence-corrected chi connectivity index (χ2v) is 8.12. The number of halogens is 2. The number of nitrogens with one attached hydrogen (secondary N) is 1. The van der Waals surface area contributed by atoms with Crippen LogP contribution in [0.15, 0.2) is 29.3 Å². The van der Waals surface area contributed by atoms with Crippen LogP contribution in [-0.4, -0.2) is 71.2 Å². The van der Waals surface area contributed by atoms with Crippen LogP contribution in [0.5, 0.6) is 5.75 Å². The second kappa shape index (κ2) is 11.7. The van der Waals surface area contributed by atoms with Gasteiger partial charge in [-0.2, -0.15) is 8.78 Å².